The molecule has 1 aromatic heterocycles. The zero-order valence-corrected chi connectivity index (χ0v) is 17.4. The quantitative estimate of drug-likeness (QED) is 0.412. The van der Waals surface area contributed by atoms with Gasteiger partial charge >= 0.3 is 0 Å². The van der Waals surface area contributed by atoms with Crippen molar-refractivity contribution in [1.82, 2.24) is 20.5 Å². The fourth-order valence-corrected chi connectivity index (χ4v) is 2.77. The fraction of sp³-hybridized carbons (Fsp3) is 0.647. The monoisotopic (exact) mass is 447 g/mol. The third-order valence-corrected chi connectivity index (χ3v) is 4.29. The summed E-state index contributed by atoms with van der Waals surface area (Å²) in [6.45, 7) is 7.51. The molecule has 0 spiro atoms. The second kappa shape index (κ2) is 10.7. The normalized spacial score (nSPS) is 16.6. The molecule has 2 N–H and O–H groups in total. The summed E-state index contributed by atoms with van der Waals surface area (Å²) in [6, 6.07) is 5.00. The van der Waals surface area contributed by atoms with Gasteiger partial charge in [-0.25, -0.2) is 4.98 Å². The molecule has 0 aliphatic carbocycles. The Bertz CT molecular complexity index is 498. The van der Waals surface area contributed by atoms with Gasteiger partial charge in [0.2, 0.25) is 5.88 Å². The van der Waals surface area contributed by atoms with Gasteiger partial charge in [-0.3, -0.25) is 4.99 Å². The first kappa shape index (κ1) is 21.0. The van der Waals surface area contributed by atoms with E-state index >= 15 is 0 Å². The van der Waals surface area contributed by atoms with Gasteiger partial charge < -0.3 is 20.3 Å². The minimum Gasteiger partial charge on any atom is -0.481 e. The smallest absolute Gasteiger partial charge is 0.212 e. The van der Waals surface area contributed by atoms with Crippen molar-refractivity contribution in [3.8, 4) is 5.88 Å². The molecule has 0 saturated carbocycles. The highest BCUT2D eigenvalue weighted by Gasteiger charge is 2.21. The second-order valence-electron chi connectivity index (χ2n) is 6.18. The van der Waals surface area contributed by atoms with Crippen LogP contribution < -0.4 is 15.4 Å². The molecule has 2 rings (SSSR count). The van der Waals surface area contributed by atoms with E-state index in [2.05, 4.69) is 39.4 Å². The molecule has 24 heavy (non-hydrogen) atoms. The average Bonchev–Trinajstić information content (AvgIpc) is 2.59. The first-order valence-corrected chi connectivity index (χ1v) is 8.32. The largest absolute Gasteiger partial charge is 0.481 e. The van der Waals surface area contributed by atoms with Gasteiger partial charge in [0.05, 0.1) is 7.11 Å². The molecule has 0 bridgehead atoms. The van der Waals surface area contributed by atoms with Crippen molar-refractivity contribution >= 4 is 29.9 Å². The molecule has 1 aliphatic heterocycles. The number of likely N-dealkylation sites (tertiary alicyclic amines) is 1. The lowest BCUT2D eigenvalue weighted by molar-refractivity contribution is 0.167. The Kier molecular flexibility index (Phi) is 9.35. The van der Waals surface area contributed by atoms with Crippen molar-refractivity contribution in [3.05, 3.63) is 23.9 Å². The molecule has 1 saturated heterocycles. The predicted octanol–water partition coefficient (Wildman–Crippen LogP) is 2.25. The maximum atomic E-state index is 5.07. The Hall–Kier alpha value is -1.09. The van der Waals surface area contributed by atoms with Crippen molar-refractivity contribution < 1.29 is 4.74 Å². The van der Waals surface area contributed by atoms with Crippen LogP contribution in [0.1, 0.15) is 32.3 Å². The van der Waals surface area contributed by atoms with E-state index in [1.807, 2.05) is 25.4 Å². The van der Waals surface area contributed by atoms with Gasteiger partial charge in [-0.05, 0) is 32.3 Å². The number of rotatable bonds is 5. The van der Waals surface area contributed by atoms with E-state index in [1.54, 1.807) is 7.11 Å². The lowest BCUT2D eigenvalue weighted by atomic mass is 10.0. The van der Waals surface area contributed by atoms with Crippen LogP contribution in [0.5, 0.6) is 5.88 Å². The van der Waals surface area contributed by atoms with Crippen LogP contribution in [0.4, 0.5) is 0 Å². The lowest BCUT2D eigenvalue weighted by Crippen LogP contribution is -2.49. The van der Waals surface area contributed by atoms with E-state index in [0.29, 0.717) is 24.5 Å². The average molecular weight is 447 g/mol. The molecule has 7 heteroatoms. The van der Waals surface area contributed by atoms with Gasteiger partial charge in [0, 0.05) is 51.0 Å². The van der Waals surface area contributed by atoms with Crippen LogP contribution in [-0.4, -0.2) is 55.2 Å². The highest BCUT2D eigenvalue weighted by molar-refractivity contribution is 14.0. The number of aliphatic imine (C=N–C) groups is 1. The number of hydrogen-bond acceptors (Lipinski definition) is 4. The number of halogens is 1. The first-order chi connectivity index (χ1) is 11.1. The molecule has 0 amide bonds. The maximum Gasteiger partial charge on any atom is 0.212 e. The molecule has 1 aromatic rings. The number of piperidine rings is 1. The van der Waals surface area contributed by atoms with Crippen molar-refractivity contribution in [2.45, 2.75) is 45.3 Å². The van der Waals surface area contributed by atoms with E-state index in [4.69, 9.17) is 4.74 Å². The maximum absolute atomic E-state index is 5.07. The second-order valence-corrected chi connectivity index (χ2v) is 6.18. The molecule has 0 atom stereocenters. The van der Waals surface area contributed by atoms with E-state index in [0.717, 1.165) is 37.5 Å². The third kappa shape index (κ3) is 6.43. The van der Waals surface area contributed by atoms with E-state index < -0.39 is 0 Å². The van der Waals surface area contributed by atoms with Gasteiger partial charge in [0.25, 0.3) is 0 Å². The Labute approximate surface area is 162 Å². The summed E-state index contributed by atoms with van der Waals surface area (Å²) in [5.74, 6) is 1.48. The Morgan fingerprint density at radius 3 is 2.58 bits per heavy atom. The number of aromatic nitrogens is 1. The Morgan fingerprint density at radius 2 is 2.08 bits per heavy atom. The van der Waals surface area contributed by atoms with Crippen LogP contribution in [0.3, 0.4) is 0 Å². The number of methoxy groups -OCH3 is 1. The van der Waals surface area contributed by atoms with E-state index in [9.17, 15) is 0 Å². The lowest BCUT2D eigenvalue weighted by Gasteiger charge is -2.35. The molecule has 6 nitrogen and oxygen atoms in total. The van der Waals surface area contributed by atoms with Crippen LogP contribution in [0.25, 0.3) is 0 Å². The molecule has 0 aromatic carbocycles. The SMILES string of the molecule is CN=C(NCc1ccc(OC)nc1)NC1CCN(C(C)C)CC1.I. The number of nitrogens with zero attached hydrogens (tertiary/aromatic N) is 3. The summed E-state index contributed by atoms with van der Waals surface area (Å²) in [4.78, 5) is 11.1. The molecule has 136 valence electrons. The number of ether oxygens (including phenoxy) is 1. The summed E-state index contributed by atoms with van der Waals surface area (Å²) in [5, 5.41) is 6.87. The minimum absolute atomic E-state index is 0. The summed E-state index contributed by atoms with van der Waals surface area (Å²) < 4.78 is 5.07. The number of guanidine groups is 1. The summed E-state index contributed by atoms with van der Waals surface area (Å²) in [6.07, 6.45) is 4.13. The van der Waals surface area contributed by atoms with Crippen LogP contribution in [0.2, 0.25) is 0 Å². The molecule has 2 heterocycles. The topological polar surface area (TPSA) is 61.8 Å². The number of nitrogens with one attached hydrogen (secondary N) is 2. The molecule has 0 radical (unpaired) electrons. The zero-order chi connectivity index (χ0) is 16.7. The van der Waals surface area contributed by atoms with Crippen molar-refractivity contribution in [3.63, 3.8) is 0 Å². The van der Waals surface area contributed by atoms with Crippen LogP contribution in [0, 0.1) is 0 Å². The van der Waals surface area contributed by atoms with Gasteiger partial charge in [0.15, 0.2) is 5.96 Å². The number of hydrogen-bond donors (Lipinski definition) is 2. The Balaban J connectivity index is 0.00000288. The van der Waals surface area contributed by atoms with Crippen molar-refractivity contribution in [2.24, 2.45) is 4.99 Å². The van der Waals surface area contributed by atoms with Gasteiger partial charge in [0.1, 0.15) is 0 Å². The van der Waals surface area contributed by atoms with Crippen LogP contribution in [0.15, 0.2) is 23.3 Å². The van der Waals surface area contributed by atoms with Gasteiger partial charge in [-0.2, -0.15) is 0 Å². The Morgan fingerprint density at radius 1 is 1.38 bits per heavy atom. The third-order valence-electron chi connectivity index (χ3n) is 4.29. The number of pyridine rings is 1. The molecular weight excluding hydrogens is 417 g/mol. The molecule has 0 unspecified atom stereocenters. The van der Waals surface area contributed by atoms with Gasteiger partial charge in [-0.1, -0.05) is 6.07 Å². The van der Waals surface area contributed by atoms with E-state index in [-0.39, 0.29) is 24.0 Å². The highest BCUT2D eigenvalue weighted by atomic mass is 127. The summed E-state index contributed by atoms with van der Waals surface area (Å²) >= 11 is 0. The van der Waals surface area contributed by atoms with Gasteiger partial charge in [-0.15, -0.1) is 24.0 Å². The summed E-state index contributed by atoms with van der Waals surface area (Å²) in [5.41, 5.74) is 1.10. The summed E-state index contributed by atoms with van der Waals surface area (Å²) in [7, 11) is 3.43. The fourth-order valence-electron chi connectivity index (χ4n) is 2.77. The highest BCUT2D eigenvalue weighted by Crippen LogP contribution is 2.13. The first-order valence-electron chi connectivity index (χ1n) is 8.32. The zero-order valence-electron chi connectivity index (χ0n) is 15.1. The predicted molar refractivity (Wildman–Crippen MR) is 109 cm³/mol. The standard InChI is InChI=1S/C17H29N5O.HI/c1-13(2)22-9-7-15(8-10-22)21-17(18-3)20-12-14-5-6-16(23-4)19-11-14;/h5-6,11,13,15H,7-10,12H2,1-4H3,(H2,18,20,21);1H. The molecular formula is C17H30IN5O. The van der Waals surface area contributed by atoms with Crippen LogP contribution >= 0.6 is 24.0 Å². The molecule has 1 aliphatic rings. The minimum atomic E-state index is 0. The van der Waals surface area contributed by atoms with Crippen molar-refractivity contribution in [1.29, 1.82) is 0 Å². The van der Waals surface area contributed by atoms with Crippen LogP contribution in [-0.2, 0) is 6.54 Å². The molecule has 1 fully saturated rings. The van der Waals surface area contributed by atoms with Crippen molar-refractivity contribution in [2.75, 3.05) is 27.2 Å². The van der Waals surface area contributed by atoms with E-state index in [1.165, 1.54) is 0 Å².